The number of thioether (sulfide) groups is 1. The summed E-state index contributed by atoms with van der Waals surface area (Å²) < 4.78 is 22.6. The molecule has 51 heavy (non-hydrogen) atoms. The highest BCUT2D eigenvalue weighted by Gasteiger charge is 2.41. The SMILES string of the molecule is CC(C)(C)c1cnc(CSc2cnc(NC(=O)C3CCN(C4CCN(Cc5ccc6c(c5F)CN(C5CCC(=O)NC5=O)C6=O)CC4)CC3)s2)o1. The molecule has 3 saturated heterocycles. The number of hydrogen-bond acceptors (Lipinski definition) is 11. The van der Waals surface area contributed by atoms with Crippen LogP contribution in [0.25, 0.3) is 0 Å². The van der Waals surface area contributed by atoms with Crippen molar-refractivity contribution in [2.45, 2.75) is 99.8 Å². The molecule has 12 nitrogen and oxygen atoms in total. The minimum Gasteiger partial charge on any atom is -0.444 e. The van der Waals surface area contributed by atoms with Crippen LogP contribution >= 0.6 is 23.1 Å². The van der Waals surface area contributed by atoms with E-state index >= 15 is 4.39 Å². The summed E-state index contributed by atoms with van der Waals surface area (Å²) in [6.07, 6.45) is 7.51. The molecule has 2 aromatic heterocycles. The zero-order chi connectivity index (χ0) is 35.9. The molecule has 6 heterocycles. The number of oxazole rings is 1. The number of amides is 4. The molecule has 7 rings (SSSR count). The standard InChI is InChI=1S/C36H44FN7O5S2/c1-36(2,3)27-16-38-29(49-27)20-50-30-17-39-35(51-30)41-32(46)21-8-14-43(15-9-21)23-10-12-42(13-11-23)18-22-4-5-24-25(31(22)37)19-44(34(24)48)26-6-7-28(45)40-33(26)47/h4-5,16-17,21,23,26H,6-15,18-20H2,1-3H3,(H,39,41,46)(H,40,45,47). The Hall–Kier alpha value is -3.66. The number of rotatable bonds is 9. The van der Waals surface area contributed by atoms with Crippen LogP contribution in [0.2, 0.25) is 0 Å². The van der Waals surface area contributed by atoms with Gasteiger partial charge in [-0.1, -0.05) is 38.2 Å². The Bertz CT molecular complexity index is 1810. The number of hydrogen-bond donors (Lipinski definition) is 2. The van der Waals surface area contributed by atoms with Crippen LogP contribution in [0.1, 0.15) is 92.4 Å². The first-order chi connectivity index (χ1) is 24.4. The molecule has 0 aliphatic carbocycles. The third-order valence-corrected chi connectivity index (χ3v) is 12.5. The number of anilines is 1. The highest BCUT2D eigenvalue weighted by atomic mass is 32.2. The number of carbonyl (C=O) groups excluding carboxylic acids is 4. The highest BCUT2D eigenvalue weighted by molar-refractivity contribution is 8.00. The van der Waals surface area contributed by atoms with Crippen molar-refractivity contribution in [1.82, 2.24) is 30.0 Å². The fourth-order valence-electron chi connectivity index (χ4n) is 7.43. The monoisotopic (exact) mass is 737 g/mol. The third-order valence-electron chi connectivity index (χ3n) is 10.4. The van der Waals surface area contributed by atoms with Crippen LogP contribution in [-0.2, 0) is 38.6 Å². The van der Waals surface area contributed by atoms with Crippen molar-refractivity contribution in [2.24, 2.45) is 5.92 Å². The normalized spacial score (nSPS) is 21.3. The molecule has 0 radical (unpaired) electrons. The molecule has 15 heteroatoms. The predicted octanol–water partition coefficient (Wildman–Crippen LogP) is 4.94. The Labute approximate surface area is 304 Å². The van der Waals surface area contributed by atoms with Gasteiger partial charge >= 0.3 is 0 Å². The summed E-state index contributed by atoms with van der Waals surface area (Å²) in [5, 5.41) is 5.93. The van der Waals surface area contributed by atoms with Crippen LogP contribution in [-0.4, -0.2) is 86.6 Å². The smallest absolute Gasteiger partial charge is 0.255 e. The number of thiazole rings is 1. The minimum absolute atomic E-state index is 0.0243. The summed E-state index contributed by atoms with van der Waals surface area (Å²) in [6.45, 7) is 10.2. The van der Waals surface area contributed by atoms with E-state index in [9.17, 15) is 19.2 Å². The van der Waals surface area contributed by atoms with Crippen molar-refractivity contribution >= 4 is 51.9 Å². The molecule has 2 N–H and O–H groups in total. The molecule has 0 saturated carbocycles. The molecule has 3 fully saturated rings. The molecule has 1 unspecified atom stereocenters. The van der Waals surface area contributed by atoms with Crippen LogP contribution in [0.15, 0.2) is 33.2 Å². The number of halogens is 1. The average molecular weight is 738 g/mol. The van der Waals surface area contributed by atoms with Crippen molar-refractivity contribution in [2.75, 3.05) is 31.5 Å². The number of nitrogens with zero attached hydrogens (tertiary/aromatic N) is 5. The number of carbonyl (C=O) groups is 4. The van der Waals surface area contributed by atoms with Gasteiger partial charge in [0, 0.05) is 47.0 Å². The lowest BCUT2D eigenvalue weighted by molar-refractivity contribution is -0.137. The molecule has 0 bridgehead atoms. The second-order valence-electron chi connectivity index (χ2n) is 14.9. The maximum absolute atomic E-state index is 15.7. The molecule has 4 aliphatic heterocycles. The lowest BCUT2D eigenvalue weighted by atomic mass is 9.92. The lowest BCUT2D eigenvalue weighted by Crippen LogP contribution is -2.52. The first-order valence-corrected chi connectivity index (χ1v) is 19.5. The number of aromatic nitrogens is 2. The van der Waals surface area contributed by atoms with E-state index in [1.807, 2.05) is 0 Å². The topological polar surface area (TPSA) is 141 Å². The zero-order valence-electron chi connectivity index (χ0n) is 29.2. The summed E-state index contributed by atoms with van der Waals surface area (Å²) in [5.74, 6) is 0.507. The highest BCUT2D eigenvalue weighted by Crippen LogP contribution is 2.34. The zero-order valence-corrected chi connectivity index (χ0v) is 30.8. The Balaban J connectivity index is 0.841. The van der Waals surface area contributed by atoms with Crippen LogP contribution in [0.5, 0.6) is 0 Å². The maximum Gasteiger partial charge on any atom is 0.255 e. The molecule has 3 aromatic rings. The summed E-state index contributed by atoms with van der Waals surface area (Å²) in [4.78, 5) is 65.0. The Morgan fingerprint density at radius 2 is 1.82 bits per heavy atom. The second kappa shape index (κ2) is 14.8. The van der Waals surface area contributed by atoms with Crippen LogP contribution < -0.4 is 10.6 Å². The van der Waals surface area contributed by atoms with Gasteiger partial charge in [-0.2, -0.15) is 0 Å². The summed E-state index contributed by atoms with van der Waals surface area (Å²) in [7, 11) is 0. The van der Waals surface area contributed by atoms with Crippen LogP contribution in [0, 0.1) is 11.7 Å². The van der Waals surface area contributed by atoms with Crippen molar-refractivity contribution < 1.29 is 28.0 Å². The molecule has 1 aromatic carbocycles. The minimum atomic E-state index is -0.765. The van der Waals surface area contributed by atoms with Crippen molar-refractivity contribution in [3.05, 3.63) is 58.7 Å². The summed E-state index contributed by atoms with van der Waals surface area (Å²) in [5.41, 5.74) is 1.08. The first kappa shape index (κ1) is 35.7. The van der Waals surface area contributed by atoms with E-state index in [1.54, 1.807) is 36.3 Å². The molecular formula is C36H44FN7O5S2. The number of likely N-dealkylation sites (tertiary alicyclic amines) is 2. The molecule has 0 spiro atoms. The fraction of sp³-hybridized carbons (Fsp3) is 0.556. The number of fused-ring (bicyclic) bond motifs is 1. The predicted molar refractivity (Wildman–Crippen MR) is 191 cm³/mol. The molecule has 1 atom stereocenters. The Morgan fingerprint density at radius 3 is 2.53 bits per heavy atom. The molecular weight excluding hydrogens is 694 g/mol. The molecule has 4 aliphatic rings. The van der Waals surface area contributed by atoms with Gasteiger partial charge in [0.25, 0.3) is 5.91 Å². The summed E-state index contributed by atoms with van der Waals surface area (Å²) >= 11 is 3.06. The molecule has 4 amide bonds. The van der Waals surface area contributed by atoms with E-state index in [-0.39, 0.29) is 54.3 Å². The largest absolute Gasteiger partial charge is 0.444 e. The fourth-order valence-corrected chi connectivity index (χ4v) is 9.16. The quantitative estimate of drug-likeness (QED) is 0.229. The van der Waals surface area contributed by atoms with Crippen molar-refractivity contribution in [3.63, 3.8) is 0 Å². The van der Waals surface area contributed by atoms with E-state index in [0.717, 1.165) is 61.8 Å². The van der Waals surface area contributed by atoms with E-state index in [0.29, 0.717) is 46.1 Å². The first-order valence-electron chi connectivity index (χ1n) is 17.7. The average Bonchev–Trinajstić information content (AvgIpc) is 3.85. The maximum atomic E-state index is 15.7. The molecule has 272 valence electrons. The lowest BCUT2D eigenvalue weighted by Gasteiger charge is -2.41. The van der Waals surface area contributed by atoms with Gasteiger partial charge in [-0.15, -0.1) is 11.8 Å². The van der Waals surface area contributed by atoms with Crippen molar-refractivity contribution in [3.8, 4) is 0 Å². The number of piperidine rings is 3. The van der Waals surface area contributed by atoms with Gasteiger partial charge in [-0.3, -0.25) is 29.4 Å². The number of nitrogens with one attached hydrogen (secondary N) is 2. The van der Waals surface area contributed by atoms with Gasteiger partial charge in [0.2, 0.25) is 23.6 Å². The van der Waals surface area contributed by atoms with Crippen molar-refractivity contribution in [1.29, 1.82) is 0 Å². The Kier molecular flexibility index (Phi) is 10.3. The van der Waals surface area contributed by atoms with Gasteiger partial charge in [-0.05, 0) is 64.3 Å². The van der Waals surface area contributed by atoms with Crippen LogP contribution in [0.4, 0.5) is 9.52 Å². The number of imide groups is 1. The van der Waals surface area contributed by atoms with Crippen LogP contribution in [0.3, 0.4) is 0 Å². The van der Waals surface area contributed by atoms with E-state index in [1.165, 1.54) is 16.2 Å². The van der Waals surface area contributed by atoms with E-state index < -0.39 is 11.9 Å². The summed E-state index contributed by atoms with van der Waals surface area (Å²) in [6, 6.07) is 3.02. The van der Waals surface area contributed by atoms with E-state index in [2.05, 4.69) is 51.2 Å². The van der Waals surface area contributed by atoms with Gasteiger partial charge < -0.3 is 19.5 Å². The van der Waals surface area contributed by atoms with Gasteiger partial charge in [-0.25, -0.2) is 14.4 Å². The third kappa shape index (κ3) is 7.91. The number of benzene rings is 1. The van der Waals surface area contributed by atoms with Gasteiger partial charge in [0.15, 0.2) is 5.13 Å². The van der Waals surface area contributed by atoms with Gasteiger partial charge in [0.1, 0.15) is 17.6 Å². The second-order valence-corrected chi connectivity index (χ2v) is 17.2. The van der Waals surface area contributed by atoms with Gasteiger partial charge in [0.05, 0.1) is 28.9 Å². The van der Waals surface area contributed by atoms with E-state index in [4.69, 9.17) is 4.42 Å². The Morgan fingerprint density at radius 1 is 1.06 bits per heavy atom.